The van der Waals surface area contributed by atoms with Crippen LogP contribution in [0, 0.1) is 5.92 Å². The Morgan fingerprint density at radius 1 is 1.05 bits per heavy atom. The van der Waals surface area contributed by atoms with Gasteiger partial charge in [0.15, 0.2) is 5.82 Å². The first-order chi connectivity index (χ1) is 9.90. The average molecular weight is 272 g/mol. The molecule has 20 heavy (non-hydrogen) atoms. The van der Waals surface area contributed by atoms with Gasteiger partial charge in [-0.05, 0) is 50.2 Å². The van der Waals surface area contributed by atoms with Gasteiger partial charge < -0.3 is 10.2 Å². The lowest BCUT2D eigenvalue weighted by atomic mass is 9.85. The first kappa shape index (κ1) is 12.6. The highest BCUT2D eigenvalue weighted by atomic mass is 15.3. The van der Waals surface area contributed by atoms with Crippen LogP contribution in [-0.4, -0.2) is 28.8 Å². The van der Waals surface area contributed by atoms with Crippen LogP contribution in [0.3, 0.4) is 0 Å². The highest BCUT2D eigenvalue weighted by Crippen LogP contribution is 2.37. The van der Waals surface area contributed by atoms with Gasteiger partial charge in [-0.2, -0.15) is 5.10 Å². The van der Waals surface area contributed by atoms with E-state index in [4.69, 9.17) is 0 Å². The third-order valence-corrected chi connectivity index (χ3v) is 5.16. The van der Waals surface area contributed by atoms with E-state index in [0.29, 0.717) is 0 Å². The second kappa shape index (κ2) is 5.32. The highest BCUT2D eigenvalue weighted by Gasteiger charge is 2.36. The number of hydrogen-bond acceptors (Lipinski definition) is 4. The van der Waals surface area contributed by atoms with Gasteiger partial charge in [0.25, 0.3) is 0 Å². The quantitative estimate of drug-likeness (QED) is 0.914. The molecule has 108 valence electrons. The summed E-state index contributed by atoms with van der Waals surface area (Å²) in [7, 11) is 0. The Labute approximate surface area is 121 Å². The third-order valence-electron chi connectivity index (χ3n) is 5.16. The fraction of sp³-hybridized carbons (Fsp3) is 0.750. The summed E-state index contributed by atoms with van der Waals surface area (Å²) in [6.45, 7) is 2.04. The predicted octanol–water partition coefficient (Wildman–Crippen LogP) is 2.50. The van der Waals surface area contributed by atoms with Crippen molar-refractivity contribution in [3.8, 4) is 0 Å². The van der Waals surface area contributed by atoms with Crippen molar-refractivity contribution in [1.82, 2.24) is 15.5 Å². The molecule has 3 fully saturated rings. The van der Waals surface area contributed by atoms with Crippen LogP contribution in [0.1, 0.15) is 50.6 Å². The molecule has 0 radical (unpaired) electrons. The van der Waals surface area contributed by atoms with E-state index in [1.807, 2.05) is 0 Å². The van der Waals surface area contributed by atoms with Gasteiger partial charge in [-0.1, -0.05) is 12.8 Å². The number of nitrogens with zero attached hydrogens (tertiary/aromatic N) is 3. The Bertz CT molecular complexity index is 454. The van der Waals surface area contributed by atoms with Crippen LogP contribution in [0.4, 0.5) is 5.82 Å². The molecule has 3 aliphatic rings. The van der Waals surface area contributed by atoms with E-state index in [1.54, 1.807) is 0 Å². The molecule has 0 spiro atoms. The zero-order chi connectivity index (χ0) is 13.4. The maximum absolute atomic E-state index is 4.49. The number of anilines is 1. The molecule has 1 aromatic heterocycles. The molecule has 0 amide bonds. The summed E-state index contributed by atoms with van der Waals surface area (Å²) in [4.78, 5) is 2.51. The minimum atomic E-state index is 0.730. The van der Waals surface area contributed by atoms with Gasteiger partial charge in [-0.3, -0.25) is 0 Å². The molecule has 1 aliphatic heterocycles. The van der Waals surface area contributed by atoms with E-state index < -0.39 is 0 Å². The van der Waals surface area contributed by atoms with Crippen LogP contribution in [0.25, 0.3) is 0 Å². The van der Waals surface area contributed by atoms with E-state index in [1.165, 1.54) is 51.5 Å². The molecule has 2 saturated carbocycles. The van der Waals surface area contributed by atoms with Gasteiger partial charge in [0.05, 0.1) is 5.69 Å². The van der Waals surface area contributed by atoms with Crippen LogP contribution < -0.4 is 10.2 Å². The largest absolute Gasteiger partial charge is 0.352 e. The summed E-state index contributed by atoms with van der Waals surface area (Å²) in [6, 6.07) is 5.79. The molecule has 4 nitrogen and oxygen atoms in total. The monoisotopic (exact) mass is 272 g/mol. The van der Waals surface area contributed by atoms with Crippen LogP contribution in [-0.2, 0) is 6.54 Å². The van der Waals surface area contributed by atoms with E-state index in [0.717, 1.165) is 36.1 Å². The number of fused-ring (bicyclic) bond motifs is 1. The second-order valence-electron chi connectivity index (χ2n) is 6.63. The second-order valence-corrected chi connectivity index (χ2v) is 6.63. The van der Waals surface area contributed by atoms with Gasteiger partial charge in [-0.25, -0.2) is 0 Å². The van der Waals surface area contributed by atoms with E-state index in [-0.39, 0.29) is 0 Å². The first-order valence-corrected chi connectivity index (χ1v) is 8.23. The van der Waals surface area contributed by atoms with Crippen molar-refractivity contribution in [3.63, 3.8) is 0 Å². The summed E-state index contributed by atoms with van der Waals surface area (Å²) in [5, 5.41) is 12.4. The van der Waals surface area contributed by atoms with Crippen molar-refractivity contribution in [2.45, 2.75) is 63.6 Å². The van der Waals surface area contributed by atoms with Crippen LogP contribution >= 0.6 is 0 Å². The smallest absolute Gasteiger partial charge is 0.151 e. The van der Waals surface area contributed by atoms with Crippen molar-refractivity contribution in [3.05, 3.63) is 17.8 Å². The maximum atomic E-state index is 4.49. The van der Waals surface area contributed by atoms with Gasteiger partial charge in [-0.15, -0.1) is 5.10 Å². The van der Waals surface area contributed by atoms with Gasteiger partial charge in [0.1, 0.15) is 0 Å². The van der Waals surface area contributed by atoms with E-state index >= 15 is 0 Å². The van der Waals surface area contributed by atoms with Crippen LogP contribution in [0.15, 0.2) is 12.1 Å². The van der Waals surface area contributed by atoms with Gasteiger partial charge >= 0.3 is 0 Å². The Morgan fingerprint density at radius 2 is 1.95 bits per heavy atom. The zero-order valence-corrected chi connectivity index (χ0v) is 12.1. The van der Waals surface area contributed by atoms with E-state index in [9.17, 15) is 0 Å². The molecular formula is C16H24N4. The lowest BCUT2D eigenvalue weighted by Crippen LogP contribution is -2.35. The van der Waals surface area contributed by atoms with Crippen molar-refractivity contribution < 1.29 is 0 Å². The third kappa shape index (κ3) is 2.53. The molecule has 2 aliphatic carbocycles. The summed E-state index contributed by atoms with van der Waals surface area (Å²) < 4.78 is 0. The normalized spacial score (nSPS) is 29.5. The number of aromatic nitrogens is 2. The summed E-state index contributed by atoms with van der Waals surface area (Å²) in [6.07, 6.45) is 9.55. The first-order valence-electron chi connectivity index (χ1n) is 8.23. The van der Waals surface area contributed by atoms with Crippen molar-refractivity contribution >= 4 is 5.82 Å². The number of rotatable bonds is 4. The topological polar surface area (TPSA) is 41.1 Å². The van der Waals surface area contributed by atoms with Crippen molar-refractivity contribution in [2.75, 3.05) is 11.4 Å². The predicted molar refractivity (Wildman–Crippen MR) is 79.6 cm³/mol. The minimum absolute atomic E-state index is 0.730. The zero-order valence-electron chi connectivity index (χ0n) is 12.1. The molecule has 1 N–H and O–H groups in total. The lowest BCUT2D eigenvalue weighted by Gasteiger charge is -2.32. The molecule has 0 bridgehead atoms. The van der Waals surface area contributed by atoms with Crippen molar-refractivity contribution in [1.29, 1.82) is 0 Å². The molecular weight excluding hydrogens is 248 g/mol. The lowest BCUT2D eigenvalue weighted by molar-refractivity contribution is 0.341. The molecule has 1 aromatic rings. The van der Waals surface area contributed by atoms with Gasteiger partial charge in [0, 0.05) is 25.2 Å². The SMILES string of the molecule is c1cc(N2CCC3CCCCC32)nnc1CNC1CC1. The maximum Gasteiger partial charge on any atom is 0.151 e. The standard InChI is InChI=1S/C16H24N4/c1-2-4-15-12(3-1)9-10-20(15)16-8-7-14(18-19-16)11-17-13-5-6-13/h7-8,12-13,15,17H,1-6,9-11H2. The van der Waals surface area contributed by atoms with Crippen molar-refractivity contribution in [2.24, 2.45) is 5.92 Å². The Kier molecular flexibility index (Phi) is 3.34. The Hall–Kier alpha value is -1.16. The Balaban J connectivity index is 1.42. The number of nitrogens with one attached hydrogen (secondary N) is 1. The summed E-state index contributed by atoms with van der Waals surface area (Å²) >= 11 is 0. The Morgan fingerprint density at radius 3 is 2.75 bits per heavy atom. The van der Waals surface area contributed by atoms with Gasteiger partial charge in [0.2, 0.25) is 0 Å². The minimum Gasteiger partial charge on any atom is -0.352 e. The van der Waals surface area contributed by atoms with Crippen LogP contribution in [0.2, 0.25) is 0 Å². The molecule has 4 rings (SSSR count). The molecule has 2 heterocycles. The molecule has 1 saturated heterocycles. The molecule has 2 atom stereocenters. The van der Waals surface area contributed by atoms with E-state index in [2.05, 4.69) is 32.5 Å². The highest BCUT2D eigenvalue weighted by molar-refractivity contribution is 5.41. The summed E-state index contributed by atoms with van der Waals surface area (Å²) in [5.74, 6) is 2.00. The summed E-state index contributed by atoms with van der Waals surface area (Å²) in [5.41, 5.74) is 1.07. The average Bonchev–Trinajstić information content (AvgIpc) is 3.23. The van der Waals surface area contributed by atoms with Crippen LogP contribution in [0.5, 0.6) is 0 Å². The molecule has 2 unspecified atom stereocenters. The molecule has 4 heteroatoms. The fourth-order valence-corrected chi connectivity index (χ4v) is 3.83. The molecule has 0 aromatic carbocycles. The fourth-order valence-electron chi connectivity index (χ4n) is 3.83. The number of hydrogen-bond donors (Lipinski definition) is 1.